The third-order valence-electron chi connectivity index (χ3n) is 3.54. The standard InChI is InChI=1S/C18H20BrNO3/c1-3-4-5-12-6-8-14(9-7-12)20-18(22)13-10-15(19)17(21)16(11-13)23-2/h6-11,21H,3-5H2,1-2H3,(H,20,22). The van der Waals surface area contributed by atoms with Gasteiger partial charge in [-0.25, -0.2) is 0 Å². The number of methoxy groups -OCH3 is 1. The molecule has 2 aromatic carbocycles. The van der Waals surface area contributed by atoms with Crippen molar-refractivity contribution in [3.63, 3.8) is 0 Å². The number of ether oxygens (including phenoxy) is 1. The van der Waals surface area contributed by atoms with Crippen molar-refractivity contribution >= 4 is 27.5 Å². The summed E-state index contributed by atoms with van der Waals surface area (Å²) in [6.07, 6.45) is 3.37. The fraction of sp³-hybridized carbons (Fsp3) is 0.278. The van der Waals surface area contributed by atoms with Crippen LogP contribution in [0.15, 0.2) is 40.9 Å². The van der Waals surface area contributed by atoms with E-state index in [-0.39, 0.29) is 17.4 Å². The molecule has 0 bridgehead atoms. The Balaban J connectivity index is 2.11. The van der Waals surface area contributed by atoms with E-state index in [0.717, 1.165) is 24.9 Å². The SMILES string of the molecule is CCCCc1ccc(NC(=O)c2cc(Br)c(O)c(OC)c2)cc1. The highest BCUT2D eigenvalue weighted by Crippen LogP contribution is 2.35. The number of anilines is 1. The van der Waals surface area contributed by atoms with Gasteiger partial charge in [0, 0.05) is 11.3 Å². The Bertz CT molecular complexity index is 683. The zero-order valence-electron chi connectivity index (χ0n) is 13.2. The highest BCUT2D eigenvalue weighted by molar-refractivity contribution is 9.10. The molecule has 0 aliphatic rings. The van der Waals surface area contributed by atoms with Gasteiger partial charge in [0.15, 0.2) is 11.5 Å². The maximum atomic E-state index is 12.3. The summed E-state index contributed by atoms with van der Waals surface area (Å²) in [7, 11) is 1.44. The Morgan fingerprint density at radius 3 is 2.57 bits per heavy atom. The van der Waals surface area contributed by atoms with E-state index >= 15 is 0 Å². The molecular formula is C18H20BrNO3. The molecule has 2 N–H and O–H groups in total. The second-order valence-electron chi connectivity index (χ2n) is 5.26. The summed E-state index contributed by atoms with van der Waals surface area (Å²) in [4.78, 5) is 12.3. The summed E-state index contributed by atoms with van der Waals surface area (Å²) in [6, 6.07) is 10.9. The van der Waals surface area contributed by atoms with Crippen molar-refractivity contribution in [2.75, 3.05) is 12.4 Å². The monoisotopic (exact) mass is 377 g/mol. The number of phenolic OH excluding ortho intramolecular Hbond substituents is 1. The van der Waals surface area contributed by atoms with Crippen LogP contribution >= 0.6 is 15.9 Å². The molecule has 0 aromatic heterocycles. The summed E-state index contributed by atoms with van der Waals surface area (Å²) in [5.74, 6) is -0.0333. The third kappa shape index (κ3) is 4.48. The molecule has 2 aromatic rings. The van der Waals surface area contributed by atoms with Crippen LogP contribution in [0, 0.1) is 0 Å². The number of aryl methyl sites for hydroxylation is 1. The number of hydrogen-bond donors (Lipinski definition) is 2. The summed E-state index contributed by atoms with van der Waals surface area (Å²) < 4.78 is 5.47. The number of amides is 1. The van der Waals surface area contributed by atoms with Crippen molar-refractivity contribution in [1.82, 2.24) is 0 Å². The minimum atomic E-state index is -0.259. The van der Waals surface area contributed by atoms with Crippen molar-refractivity contribution in [3.8, 4) is 11.5 Å². The van der Waals surface area contributed by atoms with Crippen molar-refractivity contribution in [1.29, 1.82) is 0 Å². The molecule has 0 aliphatic carbocycles. The van der Waals surface area contributed by atoms with E-state index in [9.17, 15) is 9.90 Å². The van der Waals surface area contributed by atoms with Gasteiger partial charge < -0.3 is 15.2 Å². The van der Waals surface area contributed by atoms with Gasteiger partial charge in [-0.2, -0.15) is 0 Å². The van der Waals surface area contributed by atoms with Gasteiger partial charge in [-0.1, -0.05) is 25.5 Å². The quantitative estimate of drug-likeness (QED) is 0.762. The van der Waals surface area contributed by atoms with Gasteiger partial charge in [-0.05, 0) is 58.6 Å². The molecule has 0 unspecified atom stereocenters. The highest BCUT2D eigenvalue weighted by atomic mass is 79.9. The average molecular weight is 378 g/mol. The van der Waals surface area contributed by atoms with E-state index in [1.165, 1.54) is 18.7 Å². The molecule has 0 aliphatic heterocycles. The summed E-state index contributed by atoms with van der Waals surface area (Å²) >= 11 is 3.22. The van der Waals surface area contributed by atoms with Crippen LogP contribution in [0.25, 0.3) is 0 Å². The van der Waals surface area contributed by atoms with Crippen LogP contribution in [0.2, 0.25) is 0 Å². The molecule has 2 rings (SSSR count). The van der Waals surface area contributed by atoms with Gasteiger partial charge in [0.1, 0.15) is 0 Å². The molecule has 0 saturated heterocycles. The molecule has 0 fully saturated rings. The normalized spacial score (nSPS) is 10.4. The van der Waals surface area contributed by atoms with Gasteiger partial charge in [0.2, 0.25) is 0 Å². The van der Waals surface area contributed by atoms with E-state index in [4.69, 9.17) is 4.74 Å². The van der Waals surface area contributed by atoms with Crippen LogP contribution in [0.4, 0.5) is 5.69 Å². The van der Waals surface area contributed by atoms with Crippen molar-refractivity contribution in [2.45, 2.75) is 26.2 Å². The van der Waals surface area contributed by atoms with Crippen LogP contribution in [-0.4, -0.2) is 18.1 Å². The number of halogens is 1. The summed E-state index contributed by atoms with van der Waals surface area (Å²) in [5.41, 5.74) is 2.40. The summed E-state index contributed by atoms with van der Waals surface area (Å²) in [6.45, 7) is 2.17. The maximum absolute atomic E-state index is 12.3. The fourth-order valence-electron chi connectivity index (χ4n) is 2.20. The Hall–Kier alpha value is -2.01. The Morgan fingerprint density at radius 1 is 1.26 bits per heavy atom. The predicted octanol–water partition coefficient (Wildman–Crippen LogP) is 4.76. The second kappa shape index (κ2) is 8.02. The lowest BCUT2D eigenvalue weighted by molar-refractivity contribution is 0.102. The lowest BCUT2D eigenvalue weighted by Crippen LogP contribution is -2.12. The Morgan fingerprint density at radius 2 is 1.96 bits per heavy atom. The molecule has 23 heavy (non-hydrogen) atoms. The molecule has 5 heteroatoms. The Labute approximate surface area is 144 Å². The average Bonchev–Trinajstić information content (AvgIpc) is 2.56. The van der Waals surface area contributed by atoms with E-state index in [0.29, 0.717) is 10.0 Å². The fourth-order valence-corrected chi connectivity index (χ4v) is 2.64. The first-order chi connectivity index (χ1) is 11.0. The van der Waals surface area contributed by atoms with E-state index in [1.54, 1.807) is 6.07 Å². The highest BCUT2D eigenvalue weighted by Gasteiger charge is 2.13. The van der Waals surface area contributed by atoms with Crippen LogP contribution in [-0.2, 0) is 6.42 Å². The minimum absolute atomic E-state index is 0.0238. The molecule has 0 heterocycles. The van der Waals surface area contributed by atoms with Gasteiger partial charge >= 0.3 is 0 Å². The topological polar surface area (TPSA) is 58.6 Å². The van der Waals surface area contributed by atoms with Crippen molar-refractivity contribution in [3.05, 3.63) is 52.0 Å². The van der Waals surface area contributed by atoms with Crippen molar-refractivity contribution in [2.24, 2.45) is 0 Å². The number of nitrogens with one attached hydrogen (secondary N) is 1. The molecule has 0 radical (unpaired) electrons. The Kier molecular flexibility index (Phi) is 6.04. The number of hydrogen-bond acceptors (Lipinski definition) is 3. The smallest absolute Gasteiger partial charge is 0.255 e. The minimum Gasteiger partial charge on any atom is -0.503 e. The molecule has 0 spiro atoms. The van der Waals surface area contributed by atoms with E-state index < -0.39 is 0 Å². The largest absolute Gasteiger partial charge is 0.503 e. The van der Waals surface area contributed by atoms with E-state index in [1.807, 2.05) is 24.3 Å². The number of rotatable bonds is 6. The first-order valence-corrected chi connectivity index (χ1v) is 8.31. The first-order valence-electron chi connectivity index (χ1n) is 7.52. The zero-order chi connectivity index (χ0) is 16.8. The van der Waals surface area contributed by atoms with Gasteiger partial charge in [-0.15, -0.1) is 0 Å². The zero-order valence-corrected chi connectivity index (χ0v) is 14.8. The first kappa shape index (κ1) is 17.3. The van der Waals surface area contributed by atoms with Crippen molar-refractivity contribution < 1.29 is 14.6 Å². The molecular weight excluding hydrogens is 358 g/mol. The molecule has 1 amide bonds. The number of benzene rings is 2. The van der Waals surface area contributed by atoms with Crippen LogP contribution in [0.3, 0.4) is 0 Å². The second-order valence-corrected chi connectivity index (χ2v) is 6.12. The number of carbonyl (C=O) groups is 1. The van der Waals surface area contributed by atoms with Crippen LogP contribution < -0.4 is 10.1 Å². The maximum Gasteiger partial charge on any atom is 0.255 e. The number of phenols is 1. The van der Waals surface area contributed by atoms with Gasteiger partial charge in [0.25, 0.3) is 5.91 Å². The van der Waals surface area contributed by atoms with E-state index in [2.05, 4.69) is 28.2 Å². The van der Waals surface area contributed by atoms with Crippen LogP contribution in [0.1, 0.15) is 35.7 Å². The lowest BCUT2D eigenvalue weighted by Gasteiger charge is -2.10. The molecule has 4 nitrogen and oxygen atoms in total. The summed E-state index contributed by atoms with van der Waals surface area (Å²) in [5, 5.41) is 12.6. The van der Waals surface area contributed by atoms with Gasteiger partial charge in [0.05, 0.1) is 11.6 Å². The van der Waals surface area contributed by atoms with Gasteiger partial charge in [-0.3, -0.25) is 4.79 Å². The number of unbranched alkanes of at least 4 members (excludes halogenated alkanes) is 1. The predicted molar refractivity (Wildman–Crippen MR) is 95.4 cm³/mol. The third-order valence-corrected chi connectivity index (χ3v) is 4.15. The molecule has 0 atom stereocenters. The molecule has 122 valence electrons. The number of carbonyl (C=O) groups excluding carboxylic acids is 1. The lowest BCUT2D eigenvalue weighted by atomic mass is 10.1. The molecule has 0 saturated carbocycles. The van der Waals surface area contributed by atoms with Crippen LogP contribution in [0.5, 0.6) is 11.5 Å². The number of aromatic hydroxyl groups is 1.